The van der Waals surface area contributed by atoms with Gasteiger partial charge in [-0.15, -0.1) is 0 Å². The van der Waals surface area contributed by atoms with Crippen molar-refractivity contribution in [1.29, 1.82) is 0 Å². The van der Waals surface area contributed by atoms with Crippen molar-refractivity contribution in [3.05, 3.63) is 16.9 Å². The minimum atomic E-state index is -0.507. The second-order valence-electron chi connectivity index (χ2n) is 7.41. The number of ether oxygens (including phenoxy) is 2. The van der Waals surface area contributed by atoms with Gasteiger partial charge in [0.25, 0.3) is 0 Å². The van der Waals surface area contributed by atoms with Crippen molar-refractivity contribution in [3.63, 3.8) is 0 Å². The monoisotopic (exact) mass is 412 g/mol. The second-order valence-corrected chi connectivity index (χ2v) is 8.32. The molecule has 0 saturated carbocycles. The average molecular weight is 413 g/mol. The van der Waals surface area contributed by atoms with E-state index in [2.05, 4.69) is 42.9 Å². The normalized spacial score (nSPS) is 22.6. The molecular formula is C17H25BrN4O3. The molecule has 0 spiro atoms. The highest BCUT2D eigenvalue weighted by atomic mass is 79.9. The molecule has 0 N–H and O–H groups in total. The summed E-state index contributed by atoms with van der Waals surface area (Å²) in [6.45, 7) is 9.36. The van der Waals surface area contributed by atoms with Gasteiger partial charge in [0.1, 0.15) is 6.61 Å². The van der Waals surface area contributed by atoms with Gasteiger partial charge in [0, 0.05) is 38.3 Å². The molecule has 0 radical (unpaired) electrons. The fraction of sp³-hybridized carbons (Fsp3) is 0.706. The molecule has 3 heterocycles. The maximum atomic E-state index is 5.72. The van der Waals surface area contributed by atoms with Crippen molar-refractivity contribution in [2.75, 3.05) is 37.8 Å². The summed E-state index contributed by atoms with van der Waals surface area (Å²) in [6, 6.07) is 0. The summed E-state index contributed by atoms with van der Waals surface area (Å²) in [4.78, 5) is 16.5. The number of oxime groups is 1. The molecule has 2 aliphatic rings. The van der Waals surface area contributed by atoms with Gasteiger partial charge in [-0.25, -0.2) is 9.97 Å². The first-order valence-corrected chi connectivity index (χ1v) is 9.33. The SMILES string of the molecule is CC1(CON=C2CCN(c3ncc(Br)cn3)CC2)COC(C)(C)OC1. The molecule has 0 bridgehead atoms. The van der Waals surface area contributed by atoms with E-state index in [1.165, 1.54) is 0 Å². The van der Waals surface area contributed by atoms with E-state index in [0.717, 1.165) is 42.1 Å². The summed E-state index contributed by atoms with van der Waals surface area (Å²) in [5.74, 6) is 0.252. The molecule has 3 rings (SSSR count). The van der Waals surface area contributed by atoms with Gasteiger partial charge in [0.05, 0.1) is 28.8 Å². The van der Waals surface area contributed by atoms with Crippen molar-refractivity contribution in [1.82, 2.24) is 9.97 Å². The highest BCUT2D eigenvalue weighted by molar-refractivity contribution is 9.10. The lowest BCUT2D eigenvalue weighted by molar-refractivity contribution is -0.288. The third-order valence-electron chi connectivity index (χ3n) is 4.37. The van der Waals surface area contributed by atoms with Crippen LogP contribution >= 0.6 is 15.9 Å². The van der Waals surface area contributed by atoms with Gasteiger partial charge >= 0.3 is 0 Å². The summed E-state index contributed by atoms with van der Waals surface area (Å²) in [5, 5.41) is 4.33. The van der Waals surface area contributed by atoms with Crippen LogP contribution in [0, 0.1) is 5.41 Å². The Kier molecular flexibility index (Phi) is 5.60. The van der Waals surface area contributed by atoms with Gasteiger partial charge in [-0.3, -0.25) is 0 Å². The molecule has 0 atom stereocenters. The Hall–Kier alpha value is -1.25. The first-order valence-electron chi connectivity index (χ1n) is 8.53. The topological polar surface area (TPSA) is 69.1 Å². The molecular weight excluding hydrogens is 388 g/mol. The number of nitrogens with zero attached hydrogens (tertiary/aromatic N) is 4. The standard InChI is InChI=1S/C17H25BrN4O3/c1-16(2)23-10-17(3,11-24-16)12-25-21-14-4-6-22(7-5-14)15-19-8-13(18)9-20-15/h8-9H,4-7,10-12H2,1-3H3. The van der Waals surface area contributed by atoms with Crippen LogP contribution in [-0.4, -0.2) is 54.4 Å². The summed E-state index contributed by atoms with van der Waals surface area (Å²) < 4.78 is 12.3. The van der Waals surface area contributed by atoms with Gasteiger partial charge < -0.3 is 19.2 Å². The Morgan fingerprint density at radius 3 is 2.36 bits per heavy atom. The molecule has 0 amide bonds. The zero-order valence-corrected chi connectivity index (χ0v) is 16.6. The van der Waals surface area contributed by atoms with Crippen molar-refractivity contribution >= 4 is 27.6 Å². The quantitative estimate of drug-likeness (QED) is 0.707. The fourth-order valence-electron chi connectivity index (χ4n) is 2.67. The molecule has 138 valence electrons. The first kappa shape index (κ1) is 18.5. The highest BCUT2D eigenvalue weighted by Crippen LogP contribution is 2.29. The van der Waals surface area contributed by atoms with Crippen LogP contribution in [0.15, 0.2) is 22.0 Å². The molecule has 2 saturated heterocycles. The van der Waals surface area contributed by atoms with E-state index >= 15 is 0 Å². The number of rotatable bonds is 4. The van der Waals surface area contributed by atoms with Crippen molar-refractivity contribution in [2.45, 2.75) is 39.4 Å². The van der Waals surface area contributed by atoms with Crippen LogP contribution in [0.25, 0.3) is 0 Å². The number of anilines is 1. The lowest BCUT2D eigenvalue weighted by Crippen LogP contribution is -2.47. The lowest BCUT2D eigenvalue weighted by Gasteiger charge is -2.40. The molecule has 0 unspecified atom stereocenters. The molecule has 8 heteroatoms. The van der Waals surface area contributed by atoms with E-state index in [0.29, 0.717) is 19.8 Å². The zero-order chi connectivity index (χ0) is 17.9. The minimum absolute atomic E-state index is 0.161. The Morgan fingerprint density at radius 1 is 1.16 bits per heavy atom. The van der Waals surface area contributed by atoms with Gasteiger partial charge in [0.2, 0.25) is 5.95 Å². The molecule has 2 aliphatic heterocycles. The van der Waals surface area contributed by atoms with Gasteiger partial charge in [-0.05, 0) is 29.8 Å². The third kappa shape index (κ3) is 5.12. The first-order chi connectivity index (χ1) is 11.9. The predicted molar refractivity (Wildman–Crippen MR) is 98.7 cm³/mol. The van der Waals surface area contributed by atoms with E-state index in [1.807, 2.05) is 13.8 Å². The minimum Gasteiger partial charge on any atom is -0.395 e. The molecule has 25 heavy (non-hydrogen) atoms. The average Bonchev–Trinajstić information content (AvgIpc) is 2.60. The lowest BCUT2D eigenvalue weighted by atomic mass is 9.93. The number of hydrogen-bond acceptors (Lipinski definition) is 7. The molecule has 2 fully saturated rings. The third-order valence-corrected chi connectivity index (χ3v) is 4.78. The van der Waals surface area contributed by atoms with Crippen LogP contribution in [-0.2, 0) is 14.3 Å². The van der Waals surface area contributed by atoms with Crippen molar-refractivity contribution in [2.24, 2.45) is 10.6 Å². The summed E-state index contributed by atoms with van der Waals surface area (Å²) in [5.41, 5.74) is 0.917. The summed E-state index contributed by atoms with van der Waals surface area (Å²) in [6.07, 6.45) is 5.25. The number of aromatic nitrogens is 2. The Bertz CT molecular complexity index is 601. The number of hydrogen-bond donors (Lipinski definition) is 0. The molecule has 1 aromatic rings. The fourth-order valence-corrected chi connectivity index (χ4v) is 2.87. The summed E-state index contributed by atoms with van der Waals surface area (Å²) >= 11 is 3.35. The van der Waals surface area contributed by atoms with Gasteiger partial charge in [-0.2, -0.15) is 0 Å². The van der Waals surface area contributed by atoms with E-state index < -0.39 is 5.79 Å². The van der Waals surface area contributed by atoms with Crippen LogP contribution in [0.4, 0.5) is 5.95 Å². The number of piperidine rings is 1. The highest BCUT2D eigenvalue weighted by Gasteiger charge is 2.37. The Morgan fingerprint density at radius 2 is 1.76 bits per heavy atom. The Balaban J connectivity index is 1.44. The largest absolute Gasteiger partial charge is 0.395 e. The summed E-state index contributed by atoms with van der Waals surface area (Å²) in [7, 11) is 0. The maximum absolute atomic E-state index is 5.72. The smallest absolute Gasteiger partial charge is 0.225 e. The van der Waals surface area contributed by atoms with Crippen LogP contribution < -0.4 is 4.90 Å². The van der Waals surface area contributed by atoms with Crippen LogP contribution in [0.3, 0.4) is 0 Å². The van der Waals surface area contributed by atoms with Crippen LogP contribution in [0.1, 0.15) is 33.6 Å². The second kappa shape index (κ2) is 7.55. The van der Waals surface area contributed by atoms with Gasteiger partial charge in [0.15, 0.2) is 5.79 Å². The molecule has 0 aliphatic carbocycles. The molecule has 1 aromatic heterocycles. The van der Waals surface area contributed by atoms with Crippen molar-refractivity contribution in [3.8, 4) is 0 Å². The van der Waals surface area contributed by atoms with Crippen molar-refractivity contribution < 1.29 is 14.3 Å². The van der Waals surface area contributed by atoms with E-state index in [9.17, 15) is 0 Å². The van der Waals surface area contributed by atoms with E-state index in [-0.39, 0.29) is 5.41 Å². The Labute approximate surface area is 156 Å². The molecule has 7 nitrogen and oxygen atoms in total. The maximum Gasteiger partial charge on any atom is 0.225 e. The number of halogens is 1. The van der Waals surface area contributed by atoms with Gasteiger partial charge in [-0.1, -0.05) is 12.1 Å². The zero-order valence-electron chi connectivity index (χ0n) is 15.0. The molecule has 0 aromatic carbocycles. The van der Waals surface area contributed by atoms with Crippen LogP contribution in [0.5, 0.6) is 0 Å². The predicted octanol–water partition coefficient (Wildman–Crippen LogP) is 3.00. The van der Waals surface area contributed by atoms with E-state index in [1.54, 1.807) is 12.4 Å². The van der Waals surface area contributed by atoms with Crippen LogP contribution in [0.2, 0.25) is 0 Å². The van der Waals surface area contributed by atoms with E-state index in [4.69, 9.17) is 14.3 Å².